The monoisotopic (exact) mass is 437 g/mol. The highest BCUT2D eigenvalue weighted by molar-refractivity contribution is 8.02. The minimum atomic E-state index is -0.0940. The molecule has 1 aliphatic carbocycles. The van der Waals surface area contributed by atoms with Crippen LogP contribution in [0.1, 0.15) is 65.4 Å². The molecule has 1 amide bonds. The Balaban J connectivity index is 1.48. The second kappa shape index (κ2) is 8.90. The van der Waals surface area contributed by atoms with Crippen molar-refractivity contribution in [3.63, 3.8) is 0 Å². The number of rotatable bonds is 6. The van der Waals surface area contributed by atoms with E-state index in [1.54, 1.807) is 0 Å². The number of carbonyl (C=O) groups excluding carboxylic acids is 1. The summed E-state index contributed by atoms with van der Waals surface area (Å²) >= 11 is 1.88. The molecule has 1 aliphatic heterocycles. The first-order valence-electron chi connectivity index (χ1n) is 11.6. The Bertz CT molecular complexity index is 885. The van der Waals surface area contributed by atoms with Gasteiger partial charge < -0.3 is 4.74 Å². The maximum atomic E-state index is 13.2. The van der Waals surface area contributed by atoms with Crippen LogP contribution in [0.3, 0.4) is 0 Å². The van der Waals surface area contributed by atoms with Crippen molar-refractivity contribution in [3.8, 4) is 5.75 Å². The molecule has 2 aromatic carbocycles. The van der Waals surface area contributed by atoms with Gasteiger partial charge in [-0.25, -0.2) is 0 Å². The van der Waals surface area contributed by atoms with Crippen molar-refractivity contribution in [3.05, 3.63) is 60.2 Å². The number of amides is 1. The van der Waals surface area contributed by atoms with Gasteiger partial charge >= 0.3 is 0 Å². The standard InChI is InChI=1S/C27H35NO2S/c1-5-26(3,4)22-15-17-27(18-16-22)28(25(29)20(2)31-27)23-11-13-24(14-12-23)30-19-21-9-7-6-8-10-21/h6-14,20,22H,5,15-19H2,1-4H3/t20-,22?,27?/m0/s1. The van der Waals surface area contributed by atoms with Gasteiger partial charge in [0.1, 0.15) is 12.4 Å². The molecule has 1 spiro atoms. The zero-order valence-corrected chi connectivity index (χ0v) is 20.1. The predicted molar refractivity (Wildman–Crippen MR) is 131 cm³/mol. The van der Waals surface area contributed by atoms with E-state index in [-0.39, 0.29) is 16.0 Å². The van der Waals surface area contributed by atoms with E-state index in [0.29, 0.717) is 12.0 Å². The van der Waals surface area contributed by atoms with Crippen LogP contribution in [0.25, 0.3) is 0 Å². The second-order valence-corrected chi connectivity index (χ2v) is 11.5. The van der Waals surface area contributed by atoms with Crippen LogP contribution in [-0.2, 0) is 11.4 Å². The number of thioether (sulfide) groups is 1. The van der Waals surface area contributed by atoms with Crippen molar-refractivity contribution >= 4 is 23.4 Å². The third kappa shape index (κ3) is 4.50. The number of benzene rings is 2. The summed E-state index contributed by atoms with van der Waals surface area (Å²) in [4.78, 5) is 15.2. The molecule has 4 heteroatoms. The predicted octanol–water partition coefficient (Wildman–Crippen LogP) is 7.06. The highest BCUT2D eigenvalue weighted by atomic mass is 32.2. The molecule has 0 bridgehead atoms. The number of anilines is 1. The van der Waals surface area contributed by atoms with Gasteiger partial charge in [0.25, 0.3) is 0 Å². The van der Waals surface area contributed by atoms with E-state index in [0.717, 1.165) is 35.8 Å². The molecule has 3 nitrogen and oxygen atoms in total. The number of hydrogen-bond donors (Lipinski definition) is 0. The van der Waals surface area contributed by atoms with E-state index in [9.17, 15) is 4.79 Å². The molecule has 31 heavy (non-hydrogen) atoms. The summed E-state index contributed by atoms with van der Waals surface area (Å²) in [5.74, 6) is 1.82. The fourth-order valence-corrected chi connectivity index (χ4v) is 6.73. The average Bonchev–Trinajstić information content (AvgIpc) is 3.03. The fraction of sp³-hybridized carbons (Fsp3) is 0.519. The van der Waals surface area contributed by atoms with Crippen LogP contribution in [0, 0.1) is 11.3 Å². The summed E-state index contributed by atoms with van der Waals surface area (Å²) in [5.41, 5.74) is 2.53. The summed E-state index contributed by atoms with van der Waals surface area (Å²) in [6, 6.07) is 18.3. The van der Waals surface area contributed by atoms with Crippen LogP contribution >= 0.6 is 11.8 Å². The summed E-state index contributed by atoms with van der Waals surface area (Å²) in [6.07, 6.45) is 5.76. The van der Waals surface area contributed by atoms with E-state index in [4.69, 9.17) is 4.74 Å². The highest BCUT2D eigenvalue weighted by Crippen LogP contribution is 2.55. The highest BCUT2D eigenvalue weighted by Gasteiger charge is 2.53. The Kier molecular flexibility index (Phi) is 6.39. The van der Waals surface area contributed by atoms with Crippen LogP contribution in [-0.4, -0.2) is 16.0 Å². The quantitative estimate of drug-likeness (QED) is 0.484. The van der Waals surface area contributed by atoms with Gasteiger partial charge in [-0.05, 0) is 73.8 Å². The SMILES string of the molecule is CCC(C)(C)C1CCC2(CC1)S[C@@H](C)C(=O)N2c1ccc(OCc2ccccc2)cc1. The largest absolute Gasteiger partial charge is 0.489 e. The first-order chi connectivity index (χ1) is 14.8. The molecule has 1 saturated carbocycles. The first-order valence-corrected chi connectivity index (χ1v) is 12.5. The van der Waals surface area contributed by atoms with Gasteiger partial charge in [-0.15, -0.1) is 11.8 Å². The molecule has 0 unspecified atom stereocenters. The minimum absolute atomic E-state index is 0.0183. The van der Waals surface area contributed by atoms with Gasteiger partial charge in [-0.3, -0.25) is 9.69 Å². The molecule has 0 radical (unpaired) electrons. The van der Waals surface area contributed by atoms with Crippen molar-refractivity contribution in [1.82, 2.24) is 0 Å². The number of carbonyl (C=O) groups is 1. The third-order valence-corrected chi connectivity index (χ3v) is 9.08. The lowest BCUT2D eigenvalue weighted by Gasteiger charge is -2.46. The Hall–Kier alpha value is -1.94. The molecular weight excluding hydrogens is 402 g/mol. The van der Waals surface area contributed by atoms with Crippen LogP contribution < -0.4 is 9.64 Å². The number of nitrogens with zero attached hydrogens (tertiary/aromatic N) is 1. The van der Waals surface area contributed by atoms with E-state index < -0.39 is 0 Å². The summed E-state index contributed by atoms with van der Waals surface area (Å²) in [5, 5.41) is 0.0183. The molecule has 0 N–H and O–H groups in total. The molecule has 0 aromatic heterocycles. The van der Waals surface area contributed by atoms with Crippen molar-refractivity contribution in [2.45, 2.75) is 76.5 Å². The first kappa shape index (κ1) is 22.3. The molecule has 1 heterocycles. The van der Waals surface area contributed by atoms with Gasteiger partial charge in [0.05, 0.1) is 10.1 Å². The number of ether oxygens (including phenoxy) is 1. The van der Waals surface area contributed by atoms with E-state index >= 15 is 0 Å². The fourth-order valence-electron chi connectivity index (χ4n) is 5.09. The molecule has 4 rings (SSSR count). The topological polar surface area (TPSA) is 29.5 Å². The smallest absolute Gasteiger partial charge is 0.241 e. The Labute approximate surface area is 191 Å². The normalized spacial score (nSPS) is 26.5. The van der Waals surface area contributed by atoms with Gasteiger partial charge in [0.15, 0.2) is 0 Å². The molecule has 1 saturated heterocycles. The molecule has 166 valence electrons. The van der Waals surface area contributed by atoms with E-state index in [1.165, 1.54) is 19.3 Å². The lowest BCUT2D eigenvalue weighted by atomic mass is 9.68. The Morgan fingerprint density at radius 3 is 2.32 bits per heavy atom. The van der Waals surface area contributed by atoms with Gasteiger partial charge in [0.2, 0.25) is 5.91 Å². The lowest BCUT2D eigenvalue weighted by Crippen LogP contribution is -2.48. The van der Waals surface area contributed by atoms with Crippen molar-refractivity contribution < 1.29 is 9.53 Å². The van der Waals surface area contributed by atoms with E-state index in [2.05, 4.69) is 56.9 Å². The second-order valence-electron chi connectivity index (χ2n) is 9.76. The molecule has 1 atom stereocenters. The summed E-state index contributed by atoms with van der Waals surface area (Å²) in [6.45, 7) is 9.71. The summed E-state index contributed by atoms with van der Waals surface area (Å²) in [7, 11) is 0. The van der Waals surface area contributed by atoms with Crippen molar-refractivity contribution in [2.75, 3.05) is 4.90 Å². The van der Waals surface area contributed by atoms with Crippen molar-refractivity contribution in [2.24, 2.45) is 11.3 Å². The maximum absolute atomic E-state index is 13.2. The maximum Gasteiger partial charge on any atom is 0.241 e. The van der Waals surface area contributed by atoms with Crippen molar-refractivity contribution in [1.29, 1.82) is 0 Å². The third-order valence-electron chi connectivity index (χ3n) is 7.50. The van der Waals surface area contributed by atoms with Gasteiger partial charge in [-0.2, -0.15) is 0 Å². The van der Waals surface area contributed by atoms with Crippen LogP contribution in [0.5, 0.6) is 5.75 Å². The average molecular weight is 438 g/mol. The van der Waals surface area contributed by atoms with Gasteiger partial charge in [0, 0.05) is 5.69 Å². The van der Waals surface area contributed by atoms with Crippen LogP contribution in [0.4, 0.5) is 5.69 Å². The van der Waals surface area contributed by atoms with E-state index in [1.807, 2.05) is 42.1 Å². The van der Waals surface area contributed by atoms with Gasteiger partial charge in [-0.1, -0.05) is 57.5 Å². The molecule has 2 aromatic rings. The Morgan fingerprint density at radius 2 is 1.71 bits per heavy atom. The molecule has 2 aliphatic rings. The Morgan fingerprint density at radius 1 is 1.06 bits per heavy atom. The molecule has 2 fully saturated rings. The van der Waals surface area contributed by atoms with Crippen LogP contribution in [0.2, 0.25) is 0 Å². The minimum Gasteiger partial charge on any atom is -0.489 e. The number of hydrogen-bond acceptors (Lipinski definition) is 3. The lowest BCUT2D eigenvalue weighted by molar-refractivity contribution is -0.118. The summed E-state index contributed by atoms with van der Waals surface area (Å²) < 4.78 is 5.95. The van der Waals surface area contributed by atoms with Crippen LogP contribution in [0.15, 0.2) is 54.6 Å². The zero-order valence-electron chi connectivity index (χ0n) is 19.3. The zero-order chi connectivity index (χ0) is 22.1. The molecular formula is C27H35NO2S.